The summed E-state index contributed by atoms with van der Waals surface area (Å²) in [4.78, 5) is 0. The zero-order valence-electron chi connectivity index (χ0n) is 12.1. The van der Waals surface area contributed by atoms with Crippen LogP contribution in [0.25, 0.3) is 11.1 Å². The van der Waals surface area contributed by atoms with Crippen LogP contribution >= 0.6 is 11.6 Å². The van der Waals surface area contributed by atoms with Gasteiger partial charge >= 0.3 is 0 Å². The second kappa shape index (κ2) is 7.01. The van der Waals surface area contributed by atoms with Crippen molar-refractivity contribution in [1.82, 2.24) is 5.32 Å². The Bertz CT molecular complexity index is 641. The lowest BCUT2D eigenvalue weighted by Crippen LogP contribution is -2.14. The molecule has 4 heteroatoms. The predicted molar refractivity (Wildman–Crippen MR) is 83.5 cm³/mol. The van der Waals surface area contributed by atoms with E-state index >= 15 is 0 Å². The van der Waals surface area contributed by atoms with Gasteiger partial charge in [0.1, 0.15) is 11.6 Å². The summed E-state index contributed by atoms with van der Waals surface area (Å²) >= 11 is 6.25. The van der Waals surface area contributed by atoms with Crippen LogP contribution in [-0.2, 0) is 6.54 Å². The molecule has 112 valence electrons. The highest BCUT2D eigenvalue weighted by Crippen LogP contribution is 2.29. The van der Waals surface area contributed by atoms with Crippen LogP contribution in [0.5, 0.6) is 0 Å². The molecule has 0 saturated heterocycles. The van der Waals surface area contributed by atoms with Crippen LogP contribution in [0.15, 0.2) is 30.3 Å². The van der Waals surface area contributed by atoms with Crippen molar-refractivity contribution in [2.45, 2.75) is 26.8 Å². The Morgan fingerprint density at radius 2 is 1.86 bits per heavy atom. The van der Waals surface area contributed by atoms with Gasteiger partial charge in [-0.25, -0.2) is 8.78 Å². The molecule has 0 fully saturated rings. The Kier molecular flexibility index (Phi) is 5.32. The summed E-state index contributed by atoms with van der Waals surface area (Å²) in [5.41, 5.74) is 2.40. The van der Waals surface area contributed by atoms with Crippen LogP contribution < -0.4 is 5.32 Å². The molecule has 0 aliphatic heterocycles. The Morgan fingerprint density at radius 3 is 2.52 bits per heavy atom. The molecule has 2 aromatic rings. The van der Waals surface area contributed by atoms with Gasteiger partial charge < -0.3 is 5.32 Å². The zero-order valence-corrected chi connectivity index (χ0v) is 12.9. The van der Waals surface area contributed by atoms with Crippen molar-refractivity contribution in [3.63, 3.8) is 0 Å². The fraction of sp³-hybridized carbons (Fsp3) is 0.294. The molecule has 0 bridgehead atoms. The van der Waals surface area contributed by atoms with Gasteiger partial charge in [-0.15, -0.1) is 0 Å². The van der Waals surface area contributed by atoms with Gasteiger partial charge in [-0.05, 0) is 48.7 Å². The molecule has 21 heavy (non-hydrogen) atoms. The molecule has 0 heterocycles. The molecule has 1 N–H and O–H groups in total. The Balaban J connectivity index is 2.30. The summed E-state index contributed by atoms with van der Waals surface area (Å²) < 4.78 is 27.2. The maximum Gasteiger partial charge on any atom is 0.133 e. The van der Waals surface area contributed by atoms with Crippen LogP contribution in [0.4, 0.5) is 8.78 Å². The quantitative estimate of drug-likeness (QED) is 0.758. The van der Waals surface area contributed by atoms with Gasteiger partial charge in [0.25, 0.3) is 0 Å². The molecule has 2 rings (SSSR count). The maximum atomic E-state index is 13.9. The third-order valence-corrected chi connectivity index (χ3v) is 3.71. The molecule has 0 aromatic heterocycles. The van der Waals surface area contributed by atoms with E-state index in [4.69, 9.17) is 11.6 Å². The van der Waals surface area contributed by atoms with Gasteiger partial charge in [-0.3, -0.25) is 0 Å². The first-order valence-electron chi connectivity index (χ1n) is 6.98. The van der Waals surface area contributed by atoms with Crippen LogP contribution in [0, 0.1) is 18.6 Å². The van der Waals surface area contributed by atoms with E-state index in [0.717, 1.165) is 24.6 Å². The summed E-state index contributed by atoms with van der Waals surface area (Å²) in [6, 6.07) is 7.82. The molecule has 0 spiro atoms. The number of benzene rings is 2. The summed E-state index contributed by atoms with van der Waals surface area (Å²) in [6.45, 7) is 5.31. The molecule has 0 aliphatic rings. The van der Waals surface area contributed by atoms with E-state index in [1.807, 2.05) is 12.1 Å². The average Bonchev–Trinajstić information content (AvgIpc) is 2.45. The number of nitrogens with one attached hydrogen (secondary N) is 1. The molecule has 0 saturated carbocycles. The highest BCUT2D eigenvalue weighted by Gasteiger charge is 2.11. The average molecular weight is 310 g/mol. The van der Waals surface area contributed by atoms with Crippen molar-refractivity contribution in [2.75, 3.05) is 6.54 Å². The summed E-state index contributed by atoms with van der Waals surface area (Å²) in [5, 5.41) is 3.85. The molecular weight excluding hydrogens is 292 g/mol. The lowest BCUT2D eigenvalue weighted by molar-refractivity contribution is 0.579. The van der Waals surface area contributed by atoms with Crippen molar-refractivity contribution >= 4 is 11.6 Å². The Labute approximate surface area is 128 Å². The van der Waals surface area contributed by atoms with Crippen LogP contribution in [0.3, 0.4) is 0 Å². The Morgan fingerprint density at radius 1 is 1.10 bits per heavy atom. The molecule has 2 aromatic carbocycles. The molecule has 0 unspecified atom stereocenters. The highest BCUT2D eigenvalue weighted by atomic mass is 35.5. The standard InChI is InChI=1S/C17H18ClF2N/c1-3-6-21-10-13-5-4-12(8-15(13)18)14-7-11(2)16(19)9-17(14)20/h4-5,7-9,21H,3,6,10H2,1-2H3. The molecule has 0 radical (unpaired) electrons. The fourth-order valence-electron chi connectivity index (χ4n) is 2.14. The lowest BCUT2D eigenvalue weighted by Gasteiger charge is -2.10. The van der Waals surface area contributed by atoms with E-state index in [2.05, 4.69) is 12.2 Å². The minimum atomic E-state index is -0.578. The molecule has 0 aliphatic carbocycles. The SMILES string of the molecule is CCCNCc1ccc(-c2cc(C)c(F)cc2F)cc1Cl. The van der Waals surface area contributed by atoms with Crippen LogP contribution in [0.2, 0.25) is 5.02 Å². The summed E-state index contributed by atoms with van der Waals surface area (Å²) in [5.74, 6) is -1.12. The first-order chi connectivity index (χ1) is 10.0. The van der Waals surface area contributed by atoms with Gasteiger partial charge in [0.05, 0.1) is 0 Å². The number of hydrogen-bond donors (Lipinski definition) is 1. The fourth-order valence-corrected chi connectivity index (χ4v) is 2.38. The summed E-state index contributed by atoms with van der Waals surface area (Å²) in [6.07, 6.45) is 1.05. The monoisotopic (exact) mass is 309 g/mol. The second-order valence-corrected chi connectivity index (χ2v) is 5.47. The topological polar surface area (TPSA) is 12.0 Å². The first-order valence-corrected chi connectivity index (χ1v) is 7.36. The minimum absolute atomic E-state index is 0.365. The van der Waals surface area contributed by atoms with Crippen molar-refractivity contribution in [3.05, 3.63) is 58.1 Å². The number of halogens is 3. The van der Waals surface area contributed by atoms with Crippen molar-refractivity contribution in [1.29, 1.82) is 0 Å². The molecule has 1 nitrogen and oxygen atoms in total. The highest BCUT2D eigenvalue weighted by molar-refractivity contribution is 6.31. The summed E-state index contributed by atoms with van der Waals surface area (Å²) in [7, 11) is 0. The predicted octanol–water partition coefficient (Wildman–Crippen LogP) is 5.09. The van der Waals surface area contributed by atoms with E-state index in [-0.39, 0.29) is 0 Å². The largest absolute Gasteiger partial charge is 0.313 e. The molecular formula is C17H18ClF2N. The Hall–Kier alpha value is -1.45. The van der Waals surface area contributed by atoms with Crippen molar-refractivity contribution in [3.8, 4) is 11.1 Å². The third kappa shape index (κ3) is 3.80. The van der Waals surface area contributed by atoms with E-state index in [1.165, 1.54) is 6.07 Å². The van der Waals surface area contributed by atoms with E-state index in [0.29, 0.717) is 28.3 Å². The van der Waals surface area contributed by atoms with Crippen molar-refractivity contribution in [2.24, 2.45) is 0 Å². The number of aryl methyl sites for hydroxylation is 1. The molecule has 0 amide bonds. The number of rotatable bonds is 5. The van der Waals surface area contributed by atoms with Gasteiger partial charge in [0, 0.05) is 23.2 Å². The van der Waals surface area contributed by atoms with Gasteiger partial charge in [0.2, 0.25) is 0 Å². The number of hydrogen-bond acceptors (Lipinski definition) is 1. The normalized spacial score (nSPS) is 10.9. The first kappa shape index (κ1) is 15.9. The minimum Gasteiger partial charge on any atom is -0.313 e. The smallest absolute Gasteiger partial charge is 0.133 e. The van der Waals surface area contributed by atoms with E-state index in [9.17, 15) is 8.78 Å². The van der Waals surface area contributed by atoms with Gasteiger partial charge in [-0.2, -0.15) is 0 Å². The zero-order chi connectivity index (χ0) is 15.4. The maximum absolute atomic E-state index is 13.9. The van der Waals surface area contributed by atoms with Gasteiger partial charge in [-0.1, -0.05) is 30.7 Å². The van der Waals surface area contributed by atoms with Crippen LogP contribution in [-0.4, -0.2) is 6.54 Å². The second-order valence-electron chi connectivity index (χ2n) is 5.06. The molecule has 0 atom stereocenters. The third-order valence-electron chi connectivity index (χ3n) is 3.35. The lowest BCUT2D eigenvalue weighted by atomic mass is 10.0. The van der Waals surface area contributed by atoms with Crippen molar-refractivity contribution < 1.29 is 8.78 Å². The van der Waals surface area contributed by atoms with Crippen LogP contribution in [0.1, 0.15) is 24.5 Å². The van der Waals surface area contributed by atoms with E-state index < -0.39 is 11.6 Å². The van der Waals surface area contributed by atoms with E-state index in [1.54, 1.807) is 13.0 Å². The van der Waals surface area contributed by atoms with Gasteiger partial charge in [0.15, 0.2) is 0 Å².